The highest BCUT2D eigenvalue weighted by Gasteiger charge is 2.38. The minimum absolute atomic E-state index is 0.133. The molecule has 2 saturated heterocycles. The summed E-state index contributed by atoms with van der Waals surface area (Å²) >= 11 is 2.16. The molecule has 2 aliphatic heterocycles. The van der Waals surface area contributed by atoms with E-state index < -0.39 is 10.5 Å². The van der Waals surface area contributed by atoms with Crippen LogP contribution in [0.5, 0.6) is 0 Å². The lowest BCUT2D eigenvalue weighted by Crippen LogP contribution is -2.27. The lowest BCUT2D eigenvalue weighted by atomic mass is 10.4. The van der Waals surface area contributed by atoms with Crippen LogP contribution in [0.15, 0.2) is 0 Å². The van der Waals surface area contributed by atoms with E-state index in [1.165, 1.54) is 25.9 Å². The van der Waals surface area contributed by atoms with Crippen molar-refractivity contribution in [3.63, 3.8) is 0 Å². The van der Waals surface area contributed by atoms with Crippen molar-refractivity contribution in [3.05, 3.63) is 0 Å². The molecule has 0 N–H and O–H groups in total. The molecule has 2 unspecified atom stereocenters. The Balaban J connectivity index is 1.70. The summed E-state index contributed by atoms with van der Waals surface area (Å²) in [6, 6.07) is 0. The van der Waals surface area contributed by atoms with E-state index in [1.54, 1.807) is 0 Å². The van der Waals surface area contributed by atoms with Crippen LogP contribution in [0, 0.1) is 0 Å². The molecule has 0 bridgehead atoms. The van der Waals surface area contributed by atoms with Crippen LogP contribution in [0.4, 0.5) is 0 Å². The van der Waals surface area contributed by atoms with Gasteiger partial charge < -0.3 is 4.18 Å². The maximum absolute atomic E-state index is 11.6. The van der Waals surface area contributed by atoms with Crippen LogP contribution in [0.1, 0.15) is 12.8 Å². The molecule has 0 spiro atoms. The number of imide groups is 2. The molecule has 9 heteroatoms. The Labute approximate surface area is 124 Å². The van der Waals surface area contributed by atoms with Crippen molar-refractivity contribution in [1.82, 2.24) is 9.80 Å². The predicted octanol–water partition coefficient (Wildman–Crippen LogP) is -0.144. The van der Waals surface area contributed by atoms with Crippen LogP contribution in [0.3, 0.4) is 0 Å². The number of thioether (sulfide) groups is 1. The van der Waals surface area contributed by atoms with Crippen LogP contribution in [-0.2, 0) is 23.4 Å². The maximum Gasteiger partial charge on any atom is 0.244 e. The van der Waals surface area contributed by atoms with Crippen molar-refractivity contribution >= 4 is 47.4 Å². The minimum atomic E-state index is -0.517. The zero-order valence-corrected chi connectivity index (χ0v) is 12.7. The Morgan fingerprint density at radius 2 is 1.50 bits per heavy atom. The molecular weight excluding hydrogens is 304 g/mol. The van der Waals surface area contributed by atoms with E-state index in [0.717, 1.165) is 21.8 Å². The van der Waals surface area contributed by atoms with Crippen molar-refractivity contribution in [3.8, 4) is 0 Å². The van der Waals surface area contributed by atoms with E-state index in [2.05, 4.69) is 0 Å². The Morgan fingerprint density at radius 3 is 1.95 bits per heavy atom. The molecule has 2 aliphatic rings. The molecule has 0 saturated carbocycles. The largest absolute Gasteiger partial charge is 0.304 e. The van der Waals surface area contributed by atoms with Gasteiger partial charge in [-0.05, 0) is 0 Å². The first-order valence-corrected chi connectivity index (χ1v) is 7.78. The molecule has 0 aromatic rings. The molecule has 4 amide bonds. The average molecular weight is 318 g/mol. The normalized spacial score (nSPS) is 27.1. The number of nitrogens with zero attached hydrogens (tertiary/aromatic N) is 2. The summed E-state index contributed by atoms with van der Waals surface area (Å²) in [5.41, 5.74) is 0. The zero-order chi connectivity index (χ0) is 14.9. The van der Waals surface area contributed by atoms with E-state index in [1.807, 2.05) is 0 Å². The molecule has 2 rings (SSSR count). The number of carbonyl (C=O) groups is 4. The molecule has 0 aromatic carbocycles. The van der Waals surface area contributed by atoms with Gasteiger partial charge in [0.1, 0.15) is 11.2 Å². The summed E-state index contributed by atoms with van der Waals surface area (Å²) in [6.07, 6.45) is 0.311. The van der Waals surface area contributed by atoms with Crippen molar-refractivity contribution in [1.29, 1.82) is 0 Å². The summed E-state index contributed by atoms with van der Waals surface area (Å²) in [7, 11) is 2.90. The molecule has 7 nitrogen and oxygen atoms in total. The lowest BCUT2D eigenvalue weighted by molar-refractivity contribution is -0.138. The summed E-state index contributed by atoms with van der Waals surface area (Å²) in [5, 5.41) is -0.937. The molecule has 20 heavy (non-hydrogen) atoms. The third kappa shape index (κ3) is 2.99. The number of likely N-dealkylation sites (tertiary alicyclic amines) is 2. The zero-order valence-electron chi connectivity index (χ0n) is 11.0. The second-order valence-corrected chi connectivity index (χ2v) is 6.60. The summed E-state index contributed by atoms with van der Waals surface area (Å²) < 4.78 is 5.26. The number of rotatable bonds is 5. The number of hydrogen-bond donors (Lipinski definition) is 0. The first kappa shape index (κ1) is 15.3. The lowest BCUT2D eigenvalue weighted by Gasteiger charge is -2.10. The van der Waals surface area contributed by atoms with Crippen LogP contribution < -0.4 is 0 Å². The SMILES string of the molecule is CN1C(=O)CC(SCOSC2CC(=O)N(C)C2=O)C1=O. The highest BCUT2D eigenvalue weighted by molar-refractivity contribution is 8.01. The van der Waals surface area contributed by atoms with E-state index in [9.17, 15) is 19.2 Å². The molecule has 0 aliphatic carbocycles. The number of carbonyl (C=O) groups excluding carboxylic acids is 4. The third-order valence-electron chi connectivity index (χ3n) is 3.18. The van der Waals surface area contributed by atoms with Gasteiger partial charge in [-0.1, -0.05) is 0 Å². The Kier molecular flexibility index (Phi) is 4.71. The minimum Gasteiger partial charge on any atom is -0.304 e. The molecule has 2 fully saturated rings. The average Bonchev–Trinajstić information content (AvgIpc) is 2.80. The fourth-order valence-electron chi connectivity index (χ4n) is 1.87. The van der Waals surface area contributed by atoms with Crippen molar-refractivity contribution in [2.45, 2.75) is 23.3 Å². The van der Waals surface area contributed by atoms with Gasteiger partial charge in [0.05, 0.1) is 11.7 Å². The standard InChI is InChI=1S/C11H14N2O5S2/c1-12-8(14)3-6(10(12)16)19-5-18-20-7-4-9(15)13(2)11(7)17/h6-7H,3-5H2,1-2H3. The first-order chi connectivity index (χ1) is 9.41. The van der Waals surface area contributed by atoms with Crippen molar-refractivity contribution in [2.24, 2.45) is 0 Å². The fraction of sp³-hybridized carbons (Fsp3) is 0.636. The third-order valence-corrected chi connectivity index (χ3v) is 5.21. The van der Waals surface area contributed by atoms with E-state index >= 15 is 0 Å². The Bertz CT molecular complexity index is 428. The Morgan fingerprint density at radius 1 is 1.00 bits per heavy atom. The highest BCUT2D eigenvalue weighted by Crippen LogP contribution is 2.29. The van der Waals surface area contributed by atoms with Crippen LogP contribution in [0.25, 0.3) is 0 Å². The van der Waals surface area contributed by atoms with Crippen LogP contribution in [0.2, 0.25) is 0 Å². The monoisotopic (exact) mass is 318 g/mol. The number of hydrogen-bond acceptors (Lipinski definition) is 7. The summed E-state index contributed by atoms with van der Waals surface area (Å²) in [5.74, 6) is -0.721. The first-order valence-electron chi connectivity index (χ1n) is 5.92. The smallest absolute Gasteiger partial charge is 0.244 e. The van der Waals surface area contributed by atoms with Gasteiger partial charge in [-0.15, -0.1) is 11.8 Å². The quantitative estimate of drug-likeness (QED) is 0.302. The van der Waals surface area contributed by atoms with E-state index in [-0.39, 0.29) is 42.4 Å². The van der Waals surface area contributed by atoms with Gasteiger partial charge in [0.25, 0.3) is 0 Å². The second-order valence-electron chi connectivity index (χ2n) is 4.47. The van der Waals surface area contributed by atoms with E-state index in [4.69, 9.17) is 4.18 Å². The Hall–Kier alpha value is -1.06. The van der Waals surface area contributed by atoms with Gasteiger partial charge in [0.2, 0.25) is 23.6 Å². The molecule has 0 radical (unpaired) electrons. The van der Waals surface area contributed by atoms with Crippen LogP contribution >= 0.6 is 23.8 Å². The highest BCUT2D eigenvalue weighted by atomic mass is 32.2. The molecule has 2 atom stereocenters. The van der Waals surface area contributed by atoms with Crippen molar-refractivity contribution < 1.29 is 23.4 Å². The van der Waals surface area contributed by atoms with Gasteiger partial charge in [-0.2, -0.15) is 0 Å². The van der Waals surface area contributed by atoms with E-state index in [0.29, 0.717) is 0 Å². The van der Waals surface area contributed by atoms with Gasteiger partial charge in [-0.25, -0.2) is 0 Å². The van der Waals surface area contributed by atoms with Gasteiger partial charge >= 0.3 is 0 Å². The van der Waals surface area contributed by atoms with Gasteiger partial charge in [0, 0.05) is 32.6 Å². The fourth-order valence-corrected chi connectivity index (χ4v) is 3.65. The second kappa shape index (κ2) is 6.15. The molecular formula is C11H14N2O5S2. The van der Waals surface area contributed by atoms with Crippen molar-refractivity contribution in [2.75, 3.05) is 20.0 Å². The van der Waals surface area contributed by atoms with Gasteiger partial charge in [0.15, 0.2) is 0 Å². The molecule has 2 heterocycles. The maximum atomic E-state index is 11.6. The predicted molar refractivity (Wildman–Crippen MR) is 73.5 cm³/mol. The molecule has 110 valence electrons. The van der Waals surface area contributed by atoms with Gasteiger partial charge in [-0.3, -0.25) is 29.0 Å². The summed E-state index contributed by atoms with van der Waals surface area (Å²) in [4.78, 5) is 48.0. The summed E-state index contributed by atoms with van der Waals surface area (Å²) in [6.45, 7) is 0. The topological polar surface area (TPSA) is 84.0 Å². The van der Waals surface area contributed by atoms with Crippen LogP contribution in [-0.4, -0.2) is 64.0 Å². The number of amides is 4. The molecule has 0 aromatic heterocycles.